The van der Waals surface area contributed by atoms with Crippen molar-refractivity contribution in [2.45, 2.75) is 20.3 Å². The van der Waals surface area contributed by atoms with E-state index in [1.807, 2.05) is 6.07 Å². The van der Waals surface area contributed by atoms with Crippen molar-refractivity contribution in [2.75, 3.05) is 6.61 Å². The Kier molecular flexibility index (Phi) is 3.46. The maximum absolute atomic E-state index is 5.07. The fourth-order valence-electron chi connectivity index (χ4n) is 1.43. The highest BCUT2D eigenvalue weighted by atomic mass is 16.6. The van der Waals surface area contributed by atoms with Gasteiger partial charge >= 0.3 is 0 Å². The molecule has 0 amide bonds. The number of hydrogen-bond donors (Lipinski definition) is 1. The van der Waals surface area contributed by atoms with E-state index in [1.165, 1.54) is 5.56 Å². The van der Waals surface area contributed by atoms with E-state index in [4.69, 9.17) is 5.90 Å². The minimum absolute atomic E-state index is 0.107. The first-order valence-electron chi connectivity index (χ1n) is 4.50. The summed E-state index contributed by atoms with van der Waals surface area (Å²) in [5, 5.41) is 0. The van der Waals surface area contributed by atoms with E-state index in [9.17, 15) is 0 Å². The van der Waals surface area contributed by atoms with E-state index in [0.29, 0.717) is 6.61 Å². The second-order valence-electron chi connectivity index (χ2n) is 4.14. The predicted octanol–water partition coefficient (Wildman–Crippen LogP) is 2.15. The fraction of sp³-hybridized carbons (Fsp3) is 0.455. The molecule has 0 heterocycles. The summed E-state index contributed by atoms with van der Waals surface area (Å²) < 4.78 is 0. The first-order chi connectivity index (χ1) is 6.14. The molecule has 0 aliphatic rings. The molecular formula is C11H17NO. The summed E-state index contributed by atoms with van der Waals surface area (Å²) in [4.78, 5) is 4.68. The Labute approximate surface area is 79.7 Å². The Bertz CT molecular complexity index is 244. The lowest BCUT2D eigenvalue weighted by atomic mass is 9.87. The van der Waals surface area contributed by atoms with Gasteiger partial charge < -0.3 is 4.84 Å². The second kappa shape index (κ2) is 4.40. The molecule has 0 spiro atoms. The van der Waals surface area contributed by atoms with Crippen LogP contribution in [0.2, 0.25) is 0 Å². The van der Waals surface area contributed by atoms with Crippen molar-refractivity contribution >= 4 is 0 Å². The Balaban J connectivity index is 2.58. The largest absolute Gasteiger partial charge is 0.304 e. The van der Waals surface area contributed by atoms with Crippen LogP contribution in [0.5, 0.6) is 0 Å². The van der Waals surface area contributed by atoms with E-state index >= 15 is 0 Å². The van der Waals surface area contributed by atoms with Gasteiger partial charge in [0.05, 0.1) is 6.61 Å². The highest BCUT2D eigenvalue weighted by molar-refractivity contribution is 5.16. The molecular weight excluding hydrogens is 162 g/mol. The van der Waals surface area contributed by atoms with Crippen LogP contribution in [0.25, 0.3) is 0 Å². The second-order valence-corrected chi connectivity index (χ2v) is 4.14. The molecule has 1 aromatic carbocycles. The molecule has 2 nitrogen and oxygen atoms in total. The minimum atomic E-state index is 0.107. The number of hydrogen-bond acceptors (Lipinski definition) is 2. The van der Waals surface area contributed by atoms with E-state index < -0.39 is 0 Å². The van der Waals surface area contributed by atoms with Gasteiger partial charge in [0.25, 0.3) is 0 Å². The Morgan fingerprint density at radius 3 is 2.38 bits per heavy atom. The third-order valence-corrected chi connectivity index (χ3v) is 2.00. The van der Waals surface area contributed by atoms with Gasteiger partial charge in [-0.25, -0.2) is 5.90 Å². The van der Waals surface area contributed by atoms with Gasteiger partial charge in [0.15, 0.2) is 0 Å². The van der Waals surface area contributed by atoms with Crippen LogP contribution < -0.4 is 5.90 Å². The first-order valence-corrected chi connectivity index (χ1v) is 4.50. The molecule has 1 aromatic rings. The van der Waals surface area contributed by atoms with Crippen LogP contribution in [0.15, 0.2) is 30.3 Å². The van der Waals surface area contributed by atoms with Crippen LogP contribution >= 0.6 is 0 Å². The third-order valence-electron chi connectivity index (χ3n) is 2.00. The summed E-state index contributed by atoms with van der Waals surface area (Å²) in [5.41, 5.74) is 1.43. The summed E-state index contributed by atoms with van der Waals surface area (Å²) >= 11 is 0. The minimum Gasteiger partial charge on any atom is -0.304 e. The van der Waals surface area contributed by atoms with Crippen molar-refractivity contribution in [1.82, 2.24) is 0 Å². The number of benzene rings is 1. The normalized spacial score (nSPS) is 11.6. The van der Waals surface area contributed by atoms with Crippen molar-refractivity contribution < 1.29 is 4.84 Å². The zero-order valence-corrected chi connectivity index (χ0v) is 8.29. The van der Waals surface area contributed by atoms with Gasteiger partial charge in [-0.05, 0) is 17.4 Å². The molecule has 0 fully saturated rings. The first kappa shape index (κ1) is 10.2. The molecule has 0 saturated carbocycles. The van der Waals surface area contributed by atoms with Gasteiger partial charge in [0.2, 0.25) is 0 Å². The predicted molar refractivity (Wildman–Crippen MR) is 54.1 cm³/mol. The third kappa shape index (κ3) is 3.57. The molecule has 13 heavy (non-hydrogen) atoms. The van der Waals surface area contributed by atoms with Gasteiger partial charge in [0.1, 0.15) is 0 Å². The topological polar surface area (TPSA) is 35.2 Å². The molecule has 0 atom stereocenters. The molecule has 0 aliphatic heterocycles. The Morgan fingerprint density at radius 1 is 1.23 bits per heavy atom. The molecule has 0 unspecified atom stereocenters. The molecule has 0 radical (unpaired) electrons. The van der Waals surface area contributed by atoms with Gasteiger partial charge in [0, 0.05) is 0 Å². The van der Waals surface area contributed by atoms with Crippen LogP contribution in [-0.4, -0.2) is 6.61 Å². The van der Waals surface area contributed by atoms with Crippen molar-refractivity contribution in [3.8, 4) is 0 Å². The van der Waals surface area contributed by atoms with Crippen LogP contribution in [0, 0.1) is 5.41 Å². The zero-order valence-electron chi connectivity index (χ0n) is 8.29. The lowest BCUT2D eigenvalue weighted by molar-refractivity contribution is 0.0629. The van der Waals surface area contributed by atoms with Crippen molar-refractivity contribution in [1.29, 1.82) is 0 Å². The summed E-state index contributed by atoms with van der Waals surface area (Å²) in [7, 11) is 0. The molecule has 2 heteroatoms. The van der Waals surface area contributed by atoms with E-state index in [-0.39, 0.29) is 5.41 Å². The summed E-state index contributed by atoms with van der Waals surface area (Å²) in [6, 6.07) is 10.4. The SMILES string of the molecule is CC(C)(CON)Cc1ccccc1. The molecule has 1 rings (SSSR count). The van der Waals surface area contributed by atoms with Crippen LogP contribution in [0.3, 0.4) is 0 Å². The van der Waals surface area contributed by atoms with Crippen LogP contribution in [-0.2, 0) is 11.3 Å². The van der Waals surface area contributed by atoms with Crippen molar-refractivity contribution in [3.05, 3.63) is 35.9 Å². The van der Waals surface area contributed by atoms with Crippen molar-refractivity contribution in [3.63, 3.8) is 0 Å². The summed E-state index contributed by atoms with van der Waals surface area (Å²) in [5.74, 6) is 5.07. The molecule has 2 N–H and O–H groups in total. The van der Waals surface area contributed by atoms with Crippen LogP contribution in [0.1, 0.15) is 19.4 Å². The standard InChI is InChI=1S/C11H17NO/c1-11(2,9-13-12)8-10-6-4-3-5-7-10/h3-7H,8-9,12H2,1-2H3. The van der Waals surface area contributed by atoms with Crippen LogP contribution in [0.4, 0.5) is 0 Å². The Hall–Kier alpha value is -0.860. The average Bonchev–Trinajstić information content (AvgIpc) is 2.04. The molecule has 72 valence electrons. The number of nitrogens with two attached hydrogens (primary N) is 1. The summed E-state index contributed by atoms with van der Waals surface area (Å²) in [6.07, 6.45) is 0.991. The zero-order chi connectivity index (χ0) is 9.73. The number of rotatable bonds is 4. The van der Waals surface area contributed by atoms with E-state index in [0.717, 1.165) is 6.42 Å². The molecule has 0 bridgehead atoms. The lowest BCUT2D eigenvalue weighted by Crippen LogP contribution is -2.24. The summed E-state index contributed by atoms with van der Waals surface area (Å²) in [6.45, 7) is 4.88. The molecule has 0 saturated heterocycles. The van der Waals surface area contributed by atoms with Gasteiger partial charge in [-0.1, -0.05) is 44.2 Å². The lowest BCUT2D eigenvalue weighted by Gasteiger charge is -2.22. The Morgan fingerprint density at radius 2 is 1.85 bits per heavy atom. The van der Waals surface area contributed by atoms with Gasteiger partial charge in [-0.3, -0.25) is 0 Å². The average molecular weight is 179 g/mol. The smallest absolute Gasteiger partial charge is 0.0733 e. The van der Waals surface area contributed by atoms with E-state index in [1.54, 1.807) is 0 Å². The maximum atomic E-state index is 5.07. The fourth-order valence-corrected chi connectivity index (χ4v) is 1.43. The molecule has 0 aliphatic carbocycles. The molecule has 0 aromatic heterocycles. The highest BCUT2D eigenvalue weighted by Gasteiger charge is 2.18. The highest BCUT2D eigenvalue weighted by Crippen LogP contribution is 2.21. The van der Waals surface area contributed by atoms with Gasteiger partial charge in [-0.2, -0.15) is 0 Å². The van der Waals surface area contributed by atoms with Gasteiger partial charge in [-0.15, -0.1) is 0 Å². The monoisotopic (exact) mass is 179 g/mol. The van der Waals surface area contributed by atoms with Crippen molar-refractivity contribution in [2.24, 2.45) is 11.3 Å². The maximum Gasteiger partial charge on any atom is 0.0733 e. The van der Waals surface area contributed by atoms with E-state index in [2.05, 4.69) is 43.0 Å². The quantitative estimate of drug-likeness (QED) is 0.719.